The van der Waals surface area contributed by atoms with Gasteiger partial charge in [0.15, 0.2) is 10.6 Å². The second-order valence-electron chi connectivity index (χ2n) is 6.92. The summed E-state index contributed by atoms with van der Waals surface area (Å²) in [7, 11) is -3.33. The summed E-state index contributed by atoms with van der Waals surface area (Å²) < 4.78 is 7.51. The van der Waals surface area contributed by atoms with Gasteiger partial charge < -0.3 is 0 Å². The molecule has 0 fully saturated rings. The summed E-state index contributed by atoms with van der Waals surface area (Å²) in [5.74, 6) is 0. The highest BCUT2D eigenvalue weighted by Gasteiger charge is 2.33. The van der Waals surface area contributed by atoms with Crippen LogP contribution in [-0.2, 0) is 0 Å². The summed E-state index contributed by atoms with van der Waals surface area (Å²) in [6.07, 6.45) is 4.18. The monoisotopic (exact) mass is 557 g/mol. The minimum atomic E-state index is -3.33. The van der Waals surface area contributed by atoms with Gasteiger partial charge in [-0.3, -0.25) is 0 Å². The standard InChI is InChI=1S/C9H12.C8H13N3O3S.C4H10.4C2H6.C2H4/c1-7-4-5-8(2)9(3)6-7;1-6(2)5-8(7(3)4)15(9-12,10-13)11-14;1-3-4-2;5*1-2/h4-6H,1-3H3;5H,1-4H3;3-4H2,1-2H3;4*1-2H3;1-2H2. The highest BCUT2D eigenvalue weighted by Crippen LogP contribution is 2.60. The van der Waals surface area contributed by atoms with E-state index in [9.17, 15) is 14.7 Å². The zero-order valence-corrected chi connectivity index (χ0v) is 28.9. The van der Waals surface area contributed by atoms with Gasteiger partial charge in [-0.15, -0.1) is 27.9 Å². The average molecular weight is 558 g/mol. The summed E-state index contributed by atoms with van der Waals surface area (Å²) >= 11 is 0. The first kappa shape index (κ1) is 52.1. The number of nitrogens with zero attached hydrogens (tertiary/aromatic N) is 3. The number of nitroso groups, excluding NO2 is 3. The molecular weight excluding hydrogens is 494 g/mol. The molecule has 0 aliphatic rings. The van der Waals surface area contributed by atoms with Gasteiger partial charge in [0.1, 0.15) is 0 Å². The second kappa shape index (κ2) is 41.7. The Bertz CT molecular complexity index is 699. The van der Waals surface area contributed by atoms with Gasteiger partial charge in [-0.25, -0.2) is 0 Å². The van der Waals surface area contributed by atoms with Crippen molar-refractivity contribution in [1.82, 2.24) is 0 Å². The third kappa shape index (κ3) is 29.8. The lowest BCUT2D eigenvalue weighted by molar-refractivity contribution is 0.886. The fourth-order valence-electron chi connectivity index (χ4n) is 1.81. The molecule has 0 saturated heterocycles. The van der Waals surface area contributed by atoms with E-state index in [1.165, 1.54) is 35.6 Å². The first-order valence-corrected chi connectivity index (χ1v) is 15.3. The van der Waals surface area contributed by atoms with Crippen molar-refractivity contribution in [2.75, 3.05) is 0 Å². The molecule has 1 aromatic rings. The van der Waals surface area contributed by atoms with E-state index in [0.717, 1.165) is 5.57 Å². The van der Waals surface area contributed by atoms with Gasteiger partial charge in [-0.05, 0) is 65.7 Å². The van der Waals surface area contributed by atoms with Crippen LogP contribution in [0.2, 0.25) is 0 Å². The van der Waals surface area contributed by atoms with E-state index in [1.54, 1.807) is 27.7 Å². The van der Waals surface area contributed by atoms with Gasteiger partial charge in [0.25, 0.3) is 0 Å². The van der Waals surface area contributed by atoms with E-state index in [-0.39, 0.29) is 4.91 Å². The number of hydrogen-bond donors (Lipinski definition) is 0. The number of benzene rings is 1. The molecule has 7 heteroatoms. The largest absolute Gasteiger partial charge is 0.197 e. The molecule has 0 aromatic heterocycles. The SMILES string of the molecule is C=C.CC.CC.CC.CC.CC(C)=CC(=C(C)C)S(N=O)(N=O)N=O.CCCC.Cc1ccc(C)c(C)c1. The van der Waals surface area contributed by atoms with E-state index < -0.39 is 10.6 Å². The molecular formula is C31H63N3O3S. The molecule has 0 bridgehead atoms. The maximum atomic E-state index is 10.6. The predicted octanol–water partition coefficient (Wildman–Crippen LogP) is 13.4. The van der Waals surface area contributed by atoms with Crippen LogP contribution in [0.1, 0.15) is 126 Å². The quantitative estimate of drug-likeness (QED) is 0.198. The molecule has 226 valence electrons. The minimum absolute atomic E-state index is 0.211. The maximum Gasteiger partial charge on any atom is 0.197 e. The molecule has 0 aliphatic carbocycles. The van der Waals surface area contributed by atoms with Gasteiger partial charge in [-0.2, -0.15) is 0 Å². The Balaban J connectivity index is -0.0000000711. The number of allylic oxidation sites excluding steroid dienone is 3. The van der Waals surface area contributed by atoms with Crippen LogP contribution < -0.4 is 0 Å². The Kier molecular flexibility index (Phi) is 57.2. The van der Waals surface area contributed by atoms with Crippen molar-refractivity contribution >= 4 is 10.6 Å². The van der Waals surface area contributed by atoms with Crippen molar-refractivity contribution < 1.29 is 0 Å². The number of rotatable bonds is 6. The van der Waals surface area contributed by atoms with Gasteiger partial charge in [0.05, 0.1) is 4.91 Å². The van der Waals surface area contributed by atoms with Crippen molar-refractivity contribution in [1.29, 1.82) is 0 Å². The molecule has 0 amide bonds. The zero-order chi connectivity index (χ0) is 32.3. The second-order valence-corrected chi connectivity index (χ2v) is 8.84. The van der Waals surface area contributed by atoms with Crippen molar-refractivity contribution in [3.63, 3.8) is 0 Å². The Hall–Kier alpha value is -2.41. The van der Waals surface area contributed by atoms with Crippen LogP contribution in [0, 0.1) is 35.5 Å². The van der Waals surface area contributed by atoms with E-state index in [0.29, 0.717) is 5.57 Å². The lowest BCUT2D eigenvalue weighted by Crippen LogP contribution is -1.93. The molecule has 6 nitrogen and oxygen atoms in total. The van der Waals surface area contributed by atoms with Crippen LogP contribution in [0.3, 0.4) is 0 Å². The maximum absolute atomic E-state index is 10.6. The molecule has 1 rings (SSSR count). The fourth-order valence-corrected chi connectivity index (χ4v) is 3.08. The Morgan fingerprint density at radius 3 is 1.24 bits per heavy atom. The molecule has 0 N–H and O–H groups in total. The molecule has 1 aromatic carbocycles. The van der Waals surface area contributed by atoms with Gasteiger partial charge in [-0.1, -0.05) is 117 Å². The van der Waals surface area contributed by atoms with Gasteiger partial charge in [0, 0.05) is 13.7 Å². The van der Waals surface area contributed by atoms with Crippen LogP contribution in [0.4, 0.5) is 0 Å². The summed E-state index contributed by atoms with van der Waals surface area (Å²) in [4.78, 5) is 31.9. The molecule has 0 unspecified atom stereocenters. The van der Waals surface area contributed by atoms with Crippen molar-refractivity contribution in [2.24, 2.45) is 13.7 Å². The lowest BCUT2D eigenvalue weighted by atomic mass is 10.1. The van der Waals surface area contributed by atoms with E-state index in [4.69, 9.17) is 0 Å². The predicted molar refractivity (Wildman–Crippen MR) is 181 cm³/mol. The summed E-state index contributed by atoms with van der Waals surface area (Å²) in [5.41, 5.74) is 5.57. The molecule has 0 heterocycles. The Morgan fingerprint density at radius 2 is 1.05 bits per heavy atom. The van der Waals surface area contributed by atoms with E-state index in [2.05, 4.69) is 79.7 Å². The molecule has 38 heavy (non-hydrogen) atoms. The first-order valence-electron chi connectivity index (χ1n) is 13.8. The van der Waals surface area contributed by atoms with Gasteiger partial charge >= 0.3 is 0 Å². The van der Waals surface area contributed by atoms with Crippen LogP contribution in [0.15, 0.2) is 67.2 Å². The summed E-state index contributed by atoms with van der Waals surface area (Å²) in [6.45, 7) is 39.6. The molecule has 0 radical (unpaired) electrons. The summed E-state index contributed by atoms with van der Waals surface area (Å²) in [6, 6.07) is 6.50. The van der Waals surface area contributed by atoms with E-state index in [1.807, 2.05) is 55.4 Å². The van der Waals surface area contributed by atoms with E-state index >= 15 is 0 Å². The van der Waals surface area contributed by atoms with Crippen molar-refractivity contribution in [3.05, 3.63) is 84.9 Å². The smallest absolute Gasteiger partial charge is 0.135 e. The highest BCUT2D eigenvalue weighted by atomic mass is 32.3. The van der Waals surface area contributed by atoms with Crippen LogP contribution in [-0.4, -0.2) is 0 Å². The van der Waals surface area contributed by atoms with Crippen molar-refractivity contribution in [2.45, 2.75) is 131 Å². The highest BCUT2D eigenvalue weighted by molar-refractivity contribution is 8.33. The molecule has 0 atom stereocenters. The fraction of sp³-hybridized carbons (Fsp3) is 0.613. The summed E-state index contributed by atoms with van der Waals surface area (Å²) in [5, 5.41) is 0. The van der Waals surface area contributed by atoms with Crippen molar-refractivity contribution in [3.8, 4) is 0 Å². The van der Waals surface area contributed by atoms with Gasteiger partial charge in [0.2, 0.25) is 0 Å². The van der Waals surface area contributed by atoms with Crippen LogP contribution >= 0.6 is 10.6 Å². The number of hydrogen-bond acceptors (Lipinski definition) is 6. The number of aryl methyl sites for hydroxylation is 3. The molecule has 0 aliphatic heterocycles. The topological polar surface area (TPSA) is 88.3 Å². The average Bonchev–Trinajstić information content (AvgIpc) is 2.97. The first-order chi connectivity index (χ1) is 18.0. The Morgan fingerprint density at radius 1 is 0.711 bits per heavy atom. The zero-order valence-electron chi connectivity index (χ0n) is 28.1. The lowest BCUT2D eigenvalue weighted by Gasteiger charge is -2.17. The number of unbranched alkanes of at least 4 members (excludes halogenated alkanes) is 1. The normalized spacial score (nSPS) is 8.24. The molecule has 0 saturated carbocycles. The third-order valence-corrected chi connectivity index (χ3v) is 5.42. The third-order valence-electron chi connectivity index (χ3n) is 3.68. The molecule has 0 spiro atoms. The minimum Gasteiger partial charge on any atom is -0.135 e. The van der Waals surface area contributed by atoms with Crippen LogP contribution in [0.25, 0.3) is 0 Å². The van der Waals surface area contributed by atoms with Crippen LogP contribution in [0.5, 0.6) is 0 Å². The Labute approximate surface area is 239 Å².